The number of nitrogens with two attached hydrogens (primary N) is 1. The molecule has 0 spiro atoms. The van der Waals surface area contributed by atoms with E-state index in [1.807, 2.05) is 31.3 Å². The Labute approximate surface area is 140 Å². The van der Waals surface area contributed by atoms with Gasteiger partial charge in [0.25, 0.3) is 0 Å². The van der Waals surface area contributed by atoms with E-state index in [0.29, 0.717) is 5.82 Å². The highest BCUT2D eigenvalue weighted by Crippen LogP contribution is 2.38. The van der Waals surface area contributed by atoms with Gasteiger partial charge in [0.15, 0.2) is 0 Å². The molecule has 0 fully saturated rings. The fraction of sp³-hybridized carbons (Fsp3) is 0.133. The maximum Gasteiger partial charge on any atom is 0.129 e. The Morgan fingerprint density at radius 2 is 1.95 bits per heavy atom. The lowest BCUT2D eigenvalue weighted by atomic mass is 10.0. The van der Waals surface area contributed by atoms with Crippen molar-refractivity contribution >= 4 is 39.7 Å². The lowest BCUT2D eigenvalue weighted by Gasteiger charge is -2.05. The molecule has 3 aromatic rings. The Morgan fingerprint density at radius 1 is 1.24 bits per heavy atom. The monoisotopic (exact) mass is 411 g/mol. The zero-order chi connectivity index (χ0) is 15.0. The Hall–Kier alpha value is -1.54. The van der Waals surface area contributed by atoms with Crippen molar-refractivity contribution in [1.29, 1.82) is 0 Å². The lowest BCUT2D eigenvalue weighted by molar-refractivity contribution is 0.415. The molecule has 0 aliphatic rings. The van der Waals surface area contributed by atoms with Crippen LogP contribution < -0.4 is 10.5 Å². The predicted molar refractivity (Wildman–Crippen MR) is 95.6 cm³/mol. The summed E-state index contributed by atoms with van der Waals surface area (Å²) in [4.78, 5) is 0. The predicted octanol–water partition coefficient (Wildman–Crippen LogP) is 4.01. The summed E-state index contributed by atoms with van der Waals surface area (Å²) in [6.07, 6.45) is 0. The fourth-order valence-electron chi connectivity index (χ4n) is 2.22. The van der Waals surface area contributed by atoms with E-state index in [-0.39, 0.29) is 0 Å². The van der Waals surface area contributed by atoms with E-state index < -0.39 is 0 Å². The van der Waals surface area contributed by atoms with Gasteiger partial charge < -0.3 is 10.5 Å². The minimum atomic E-state index is 0.663. The van der Waals surface area contributed by atoms with Crippen molar-refractivity contribution in [1.82, 2.24) is 9.78 Å². The van der Waals surface area contributed by atoms with Crippen LogP contribution in [0.25, 0.3) is 22.4 Å². The lowest BCUT2D eigenvalue weighted by Crippen LogP contribution is -1.98. The number of anilines is 1. The smallest absolute Gasteiger partial charge is 0.129 e. The second-order valence-corrected chi connectivity index (χ2v) is 7.41. The molecule has 108 valence electrons. The number of methoxy groups -OCH3 is 1. The second-order valence-electron chi connectivity index (χ2n) is 4.60. The summed E-state index contributed by atoms with van der Waals surface area (Å²) in [6, 6.07) is 10.0. The summed E-state index contributed by atoms with van der Waals surface area (Å²) in [5, 5.41) is 6.68. The van der Waals surface area contributed by atoms with Crippen LogP contribution in [0.2, 0.25) is 0 Å². The van der Waals surface area contributed by atoms with Crippen LogP contribution >= 0.6 is 33.9 Å². The van der Waals surface area contributed by atoms with Crippen molar-refractivity contribution in [2.24, 2.45) is 7.05 Å². The van der Waals surface area contributed by atoms with Gasteiger partial charge in [-0.25, -0.2) is 0 Å². The summed E-state index contributed by atoms with van der Waals surface area (Å²) < 4.78 is 8.16. The molecular weight excluding hydrogens is 397 g/mol. The summed E-state index contributed by atoms with van der Waals surface area (Å²) in [6.45, 7) is 0. The fourth-order valence-corrected chi connectivity index (χ4v) is 3.55. The number of nitrogens with zero attached hydrogens (tertiary/aromatic N) is 2. The van der Waals surface area contributed by atoms with Crippen LogP contribution in [0.3, 0.4) is 0 Å². The number of rotatable bonds is 3. The molecule has 2 N–H and O–H groups in total. The van der Waals surface area contributed by atoms with Crippen molar-refractivity contribution in [2.45, 2.75) is 0 Å². The van der Waals surface area contributed by atoms with E-state index in [1.165, 1.54) is 2.88 Å². The molecule has 6 heteroatoms. The van der Waals surface area contributed by atoms with Gasteiger partial charge >= 0.3 is 0 Å². The van der Waals surface area contributed by atoms with Crippen LogP contribution in [-0.2, 0) is 7.05 Å². The first-order valence-corrected chi connectivity index (χ1v) is 8.27. The Kier molecular flexibility index (Phi) is 3.90. The van der Waals surface area contributed by atoms with Crippen molar-refractivity contribution in [3.63, 3.8) is 0 Å². The van der Waals surface area contributed by atoms with Gasteiger partial charge in [0.1, 0.15) is 17.3 Å². The number of nitrogen functional groups attached to an aromatic ring is 1. The van der Waals surface area contributed by atoms with E-state index in [0.717, 1.165) is 28.1 Å². The van der Waals surface area contributed by atoms with E-state index in [1.54, 1.807) is 23.1 Å². The molecule has 0 saturated heterocycles. The van der Waals surface area contributed by atoms with Crippen LogP contribution in [0.15, 0.2) is 35.7 Å². The van der Waals surface area contributed by atoms with Crippen molar-refractivity contribution < 1.29 is 4.74 Å². The van der Waals surface area contributed by atoms with Crippen molar-refractivity contribution in [3.8, 4) is 28.1 Å². The molecule has 21 heavy (non-hydrogen) atoms. The van der Waals surface area contributed by atoms with Gasteiger partial charge in [-0.2, -0.15) is 5.10 Å². The van der Waals surface area contributed by atoms with Gasteiger partial charge in [-0.05, 0) is 46.4 Å². The van der Waals surface area contributed by atoms with Gasteiger partial charge in [-0.15, -0.1) is 11.3 Å². The highest BCUT2D eigenvalue weighted by Gasteiger charge is 2.18. The number of hydrogen-bond acceptors (Lipinski definition) is 4. The number of aromatic nitrogens is 2. The molecule has 0 aliphatic heterocycles. The molecule has 0 saturated carbocycles. The van der Waals surface area contributed by atoms with Crippen LogP contribution in [0.4, 0.5) is 5.82 Å². The first kappa shape index (κ1) is 14.4. The van der Waals surface area contributed by atoms with Crippen LogP contribution in [0, 0.1) is 2.88 Å². The number of hydrogen-bond donors (Lipinski definition) is 1. The summed E-state index contributed by atoms with van der Waals surface area (Å²) in [5.41, 5.74) is 10.2. The number of thiophene rings is 1. The maximum absolute atomic E-state index is 6.22. The number of aryl methyl sites for hydroxylation is 1. The molecule has 3 rings (SSSR count). The third kappa shape index (κ3) is 2.65. The third-order valence-corrected chi connectivity index (χ3v) is 5.10. The molecule has 2 aromatic heterocycles. The number of ether oxygens (including phenoxy) is 1. The normalized spacial score (nSPS) is 10.8. The molecule has 1 aromatic carbocycles. The molecule has 0 unspecified atom stereocenters. The van der Waals surface area contributed by atoms with Crippen molar-refractivity contribution in [3.05, 3.63) is 38.6 Å². The summed E-state index contributed by atoms with van der Waals surface area (Å²) in [7, 11) is 3.52. The molecule has 0 bridgehead atoms. The molecule has 2 heterocycles. The molecule has 4 nitrogen and oxygen atoms in total. The van der Waals surface area contributed by atoms with Gasteiger partial charge in [0.05, 0.1) is 15.6 Å². The Morgan fingerprint density at radius 3 is 2.52 bits per heavy atom. The molecule has 0 amide bonds. The minimum Gasteiger partial charge on any atom is -0.497 e. The Bertz CT molecular complexity index is 777. The van der Waals surface area contributed by atoms with Crippen molar-refractivity contribution in [2.75, 3.05) is 12.8 Å². The number of benzene rings is 1. The van der Waals surface area contributed by atoms with Crippen LogP contribution in [0.1, 0.15) is 0 Å². The summed E-state index contributed by atoms with van der Waals surface area (Å²) in [5.74, 6) is 1.49. The standard InChI is InChI=1S/C15H14IN3OS/c1-19-15(17)13(9-3-5-11(20-2)6-4-9)14(18-19)10-7-12(16)21-8-10/h3-8H,17H2,1-2H3. The average molecular weight is 411 g/mol. The molecule has 0 radical (unpaired) electrons. The summed E-state index contributed by atoms with van der Waals surface area (Å²) >= 11 is 4.02. The second kappa shape index (κ2) is 5.69. The first-order valence-electron chi connectivity index (χ1n) is 6.31. The van der Waals surface area contributed by atoms with Crippen LogP contribution in [-0.4, -0.2) is 16.9 Å². The number of halogens is 1. The van der Waals surface area contributed by atoms with Gasteiger partial charge in [-0.3, -0.25) is 4.68 Å². The van der Waals surface area contributed by atoms with E-state index >= 15 is 0 Å². The third-order valence-electron chi connectivity index (χ3n) is 3.31. The van der Waals surface area contributed by atoms with E-state index in [4.69, 9.17) is 10.5 Å². The Balaban J connectivity index is 2.16. The van der Waals surface area contributed by atoms with E-state index in [9.17, 15) is 0 Å². The zero-order valence-electron chi connectivity index (χ0n) is 11.6. The van der Waals surface area contributed by atoms with Gasteiger partial charge in [-0.1, -0.05) is 12.1 Å². The van der Waals surface area contributed by atoms with Gasteiger partial charge in [0, 0.05) is 18.0 Å². The molecule has 0 aliphatic carbocycles. The highest BCUT2D eigenvalue weighted by atomic mass is 127. The molecular formula is C15H14IN3OS. The topological polar surface area (TPSA) is 53.1 Å². The largest absolute Gasteiger partial charge is 0.497 e. The highest BCUT2D eigenvalue weighted by molar-refractivity contribution is 14.1. The zero-order valence-corrected chi connectivity index (χ0v) is 14.6. The van der Waals surface area contributed by atoms with Crippen LogP contribution in [0.5, 0.6) is 5.75 Å². The average Bonchev–Trinajstić information content (AvgIpc) is 3.04. The SMILES string of the molecule is COc1ccc(-c2c(-c3csc(I)c3)nn(C)c2N)cc1. The molecule has 0 atom stereocenters. The minimum absolute atomic E-state index is 0.663. The maximum atomic E-state index is 6.22. The first-order chi connectivity index (χ1) is 10.1. The quantitative estimate of drug-likeness (QED) is 0.663. The van der Waals surface area contributed by atoms with Gasteiger partial charge in [0.2, 0.25) is 0 Å². The van der Waals surface area contributed by atoms with E-state index in [2.05, 4.69) is 39.1 Å².